The number of hydrogen-bond donors (Lipinski definition) is 1. The van der Waals surface area contributed by atoms with Crippen molar-refractivity contribution < 1.29 is 9.53 Å². The Morgan fingerprint density at radius 1 is 1.44 bits per heavy atom. The van der Waals surface area contributed by atoms with E-state index in [-0.39, 0.29) is 12.0 Å². The van der Waals surface area contributed by atoms with E-state index in [0.29, 0.717) is 13.0 Å². The molecule has 0 aliphatic heterocycles. The Bertz CT molecular complexity index is 434. The third-order valence-corrected chi connectivity index (χ3v) is 2.83. The number of nitrogens with one attached hydrogen (secondary N) is 1. The average molecular weight is 245 g/mol. The van der Waals surface area contributed by atoms with E-state index in [2.05, 4.69) is 16.0 Å². The van der Waals surface area contributed by atoms with Crippen LogP contribution in [0, 0.1) is 12.3 Å². The van der Waals surface area contributed by atoms with Gasteiger partial charge in [0.2, 0.25) is 0 Å². The smallest absolute Gasteiger partial charge is 0.309 e. The molecule has 0 amide bonds. The number of ether oxygens (including phenoxy) is 1. The van der Waals surface area contributed by atoms with Gasteiger partial charge in [0.25, 0.3) is 0 Å². The monoisotopic (exact) mass is 245 g/mol. The van der Waals surface area contributed by atoms with Crippen LogP contribution in [0.25, 0.3) is 0 Å². The van der Waals surface area contributed by atoms with Gasteiger partial charge in [-0.15, -0.1) is 6.42 Å². The molecule has 3 nitrogen and oxygen atoms in total. The van der Waals surface area contributed by atoms with Crippen LogP contribution >= 0.6 is 0 Å². The molecule has 0 radical (unpaired) electrons. The lowest BCUT2D eigenvalue weighted by Gasteiger charge is -2.13. The predicted octanol–water partition coefficient (Wildman–Crippen LogP) is 1.90. The summed E-state index contributed by atoms with van der Waals surface area (Å²) >= 11 is 0. The lowest BCUT2D eigenvalue weighted by Crippen LogP contribution is -2.26. The average Bonchev–Trinajstić information content (AvgIpc) is 2.41. The number of esters is 1. The molecule has 1 unspecified atom stereocenters. The maximum absolute atomic E-state index is 11.3. The van der Waals surface area contributed by atoms with Crippen molar-refractivity contribution in [2.45, 2.75) is 32.4 Å². The molecule has 0 fully saturated rings. The molecular formula is C15H19NO2. The Morgan fingerprint density at radius 2 is 2.11 bits per heavy atom. The lowest BCUT2D eigenvalue weighted by molar-refractivity contribution is -0.139. The third kappa shape index (κ3) is 4.23. The number of carbonyl (C=O) groups is 1. The zero-order valence-electron chi connectivity index (χ0n) is 10.9. The fourth-order valence-electron chi connectivity index (χ4n) is 1.68. The quantitative estimate of drug-likeness (QED) is 0.614. The number of methoxy groups -OCH3 is 1. The molecule has 1 N–H and O–H groups in total. The molecule has 0 heterocycles. The topological polar surface area (TPSA) is 38.3 Å². The third-order valence-electron chi connectivity index (χ3n) is 2.83. The summed E-state index contributed by atoms with van der Waals surface area (Å²) in [7, 11) is 1.40. The molecule has 0 saturated heterocycles. The summed E-state index contributed by atoms with van der Waals surface area (Å²) in [6.07, 6.45) is 6.58. The summed E-state index contributed by atoms with van der Waals surface area (Å²) in [5.41, 5.74) is 2.06. The maximum atomic E-state index is 11.3. The Labute approximate surface area is 109 Å². The van der Waals surface area contributed by atoms with Gasteiger partial charge < -0.3 is 4.74 Å². The van der Waals surface area contributed by atoms with E-state index in [1.807, 2.05) is 31.2 Å². The molecule has 1 aromatic carbocycles. The highest BCUT2D eigenvalue weighted by molar-refractivity contribution is 5.72. The van der Waals surface area contributed by atoms with Gasteiger partial charge in [0, 0.05) is 6.54 Å². The minimum absolute atomic E-state index is 0.0659. The van der Waals surface area contributed by atoms with Crippen LogP contribution in [0.15, 0.2) is 24.3 Å². The number of carbonyl (C=O) groups excluding carboxylic acids is 1. The van der Waals surface area contributed by atoms with Gasteiger partial charge in [-0.3, -0.25) is 10.1 Å². The Hall–Kier alpha value is -1.79. The predicted molar refractivity (Wildman–Crippen MR) is 71.9 cm³/mol. The van der Waals surface area contributed by atoms with Crippen molar-refractivity contribution in [3.05, 3.63) is 35.4 Å². The molecule has 0 bridgehead atoms. The number of hydrogen-bond acceptors (Lipinski definition) is 3. The Kier molecular flexibility index (Phi) is 5.96. The zero-order valence-corrected chi connectivity index (χ0v) is 10.9. The highest BCUT2D eigenvalue weighted by atomic mass is 16.5. The van der Waals surface area contributed by atoms with Crippen molar-refractivity contribution in [1.29, 1.82) is 0 Å². The van der Waals surface area contributed by atoms with E-state index in [1.54, 1.807) is 0 Å². The Balaban J connectivity index is 2.70. The van der Waals surface area contributed by atoms with Crippen molar-refractivity contribution in [3.8, 4) is 12.3 Å². The molecule has 0 aliphatic rings. The number of terminal acetylenes is 1. The Morgan fingerprint density at radius 3 is 2.67 bits per heavy atom. The fourth-order valence-corrected chi connectivity index (χ4v) is 1.68. The van der Waals surface area contributed by atoms with Crippen LogP contribution in [0.5, 0.6) is 0 Å². The molecule has 18 heavy (non-hydrogen) atoms. The van der Waals surface area contributed by atoms with Gasteiger partial charge >= 0.3 is 5.97 Å². The van der Waals surface area contributed by atoms with E-state index in [9.17, 15) is 4.79 Å². The molecule has 96 valence electrons. The summed E-state index contributed by atoms with van der Waals surface area (Å²) in [6.45, 7) is 2.70. The van der Waals surface area contributed by atoms with E-state index in [4.69, 9.17) is 6.42 Å². The van der Waals surface area contributed by atoms with Crippen LogP contribution in [0.1, 0.15) is 24.5 Å². The second kappa shape index (κ2) is 7.52. The van der Waals surface area contributed by atoms with E-state index < -0.39 is 0 Å². The van der Waals surface area contributed by atoms with Gasteiger partial charge in [-0.05, 0) is 17.5 Å². The van der Waals surface area contributed by atoms with E-state index in [1.165, 1.54) is 7.11 Å². The van der Waals surface area contributed by atoms with E-state index in [0.717, 1.165) is 17.5 Å². The van der Waals surface area contributed by atoms with Gasteiger partial charge in [-0.25, -0.2) is 0 Å². The molecule has 1 rings (SSSR count). The first-order valence-electron chi connectivity index (χ1n) is 6.04. The summed E-state index contributed by atoms with van der Waals surface area (Å²) in [5.74, 6) is 2.46. The van der Waals surface area contributed by atoms with Crippen LogP contribution in [0.3, 0.4) is 0 Å². The van der Waals surface area contributed by atoms with Gasteiger partial charge in [-0.2, -0.15) is 0 Å². The second-order valence-corrected chi connectivity index (χ2v) is 4.03. The lowest BCUT2D eigenvalue weighted by atomic mass is 10.0. The summed E-state index contributed by atoms with van der Waals surface area (Å²) in [5, 5.41) is 3.28. The van der Waals surface area contributed by atoms with Crippen molar-refractivity contribution in [2.75, 3.05) is 7.11 Å². The number of benzene rings is 1. The highest BCUT2D eigenvalue weighted by Gasteiger charge is 2.08. The molecule has 3 heteroatoms. The van der Waals surface area contributed by atoms with Crippen LogP contribution in [-0.4, -0.2) is 19.1 Å². The zero-order chi connectivity index (χ0) is 13.4. The van der Waals surface area contributed by atoms with Gasteiger partial charge in [0.15, 0.2) is 0 Å². The molecule has 0 spiro atoms. The maximum Gasteiger partial charge on any atom is 0.309 e. The SMILES string of the molecule is C#CC(CC)NCc1ccccc1CC(=O)OC. The van der Waals surface area contributed by atoms with Gasteiger partial charge in [-0.1, -0.05) is 37.1 Å². The first kappa shape index (κ1) is 14.3. The van der Waals surface area contributed by atoms with Crippen LogP contribution in [0.4, 0.5) is 0 Å². The van der Waals surface area contributed by atoms with Crippen LogP contribution in [-0.2, 0) is 22.5 Å². The molecular weight excluding hydrogens is 226 g/mol. The normalized spacial score (nSPS) is 11.6. The van der Waals surface area contributed by atoms with Crippen LogP contribution < -0.4 is 5.32 Å². The molecule has 1 aromatic rings. The molecule has 0 saturated carbocycles. The molecule has 0 aliphatic carbocycles. The highest BCUT2D eigenvalue weighted by Crippen LogP contribution is 2.10. The number of rotatable bonds is 6. The van der Waals surface area contributed by atoms with Gasteiger partial charge in [0.1, 0.15) is 0 Å². The fraction of sp³-hybridized carbons (Fsp3) is 0.400. The van der Waals surface area contributed by atoms with Crippen molar-refractivity contribution >= 4 is 5.97 Å². The largest absolute Gasteiger partial charge is 0.469 e. The first-order valence-corrected chi connectivity index (χ1v) is 6.04. The summed E-state index contributed by atoms with van der Waals surface area (Å²) in [4.78, 5) is 11.3. The van der Waals surface area contributed by atoms with Crippen molar-refractivity contribution in [3.63, 3.8) is 0 Å². The summed E-state index contributed by atoms with van der Waals surface area (Å²) < 4.78 is 4.69. The van der Waals surface area contributed by atoms with Crippen molar-refractivity contribution in [1.82, 2.24) is 5.32 Å². The van der Waals surface area contributed by atoms with Crippen molar-refractivity contribution in [2.24, 2.45) is 0 Å². The standard InChI is InChI=1S/C15H19NO2/c1-4-14(5-2)16-11-13-9-7-6-8-12(13)10-15(17)18-3/h1,6-9,14,16H,5,10-11H2,2-3H3. The minimum atomic E-state index is -0.230. The van der Waals surface area contributed by atoms with E-state index >= 15 is 0 Å². The molecule has 1 atom stereocenters. The first-order chi connectivity index (χ1) is 8.71. The minimum Gasteiger partial charge on any atom is -0.469 e. The second-order valence-electron chi connectivity index (χ2n) is 4.03. The van der Waals surface area contributed by atoms with Crippen LogP contribution in [0.2, 0.25) is 0 Å². The van der Waals surface area contributed by atoms with Gasteiger partial charge in [0.05, 0.1) is 19.6 Å². The summed E-state index contributed by atoms with van der Waals surface area (Å²) in [6, 6.07) is 7.87. The molecule has 0 aromatic heterocycles.